The summed E-state index contributed by atoms with van der Waals surface area (Å²) in [7, 11) is 0. The number of imidazole rings is 1. The molecule has 0 amide bonds. The number of hydrogen-bond acceptors (Lipinski definition) is 3. The average Bonchev–Trinajstić information content (AvgIpc) is 3.63. The van der Waals surface area contributed by atoms with Crippen LogP contribution < -0.4 is 0 Å². The van der Waals surface area contributed by atoms with Crippen LogP contribution in [0.1, 0.15) is 104 Å². The molecule has 0 atom stereocenters. The van der Waals surface area contributed by atoms with Crippen molar-refractivity contribution < 1.29 is 6.48 Å². The van der Waals surface area contributed by atoms with E-state index >= 15 is 0 Å². The Morgan fingerprint density at radius 3 is 2.03 bits per heavy atom. The zero-order chi connectivity index (χ0) is 45.0. The van der Waals surface area contributed by atoms with Gasteiger partial charge in [0, 0.05) is 29.8 Å². The number of hydrogen-bond donors (Lipinski definition) is 1. The molecule has 8 aromatic rings. The molecule has 8 rings (SSSR count). The highest BCUT2D eigenvalue weighted by molar-refractivity contribution is 5.98. The highest BCUT2D eigenvalue weighted by Gasteiger charge is 2.27. The third-order valence-electron chi connectivity index (χ3n) is 12.0. The molecule has 62 heavy (non-hydrogen) atoms. The molecule has 2 heterocycles. The van der Waals surface area contributed by atoms with Crippen molar-refractivity contribution in [3.8, 4) is 67.5 Å². The third-order valence-corrected chi connectivity index (χ3v) is 12.0. The number of phenolic OH excluding ortho intramolecular Hbond substituents is 1. The second kappa shape index (κ2) is 16.5. The van der Waals surface area contributed by atoms with Crippen molar-refractivity contribution >= 4 is 11.0 Å². The fourth-order valence-corrected chi connectivity index (χ4v) is 8.63. The maximum absolute atomic E-state index is 12.3. The van der Waals surface area contributed by atoms with Gasteiger partial charge in [-0.1, -0.05) is 154 Å². The molecule has 4 heteroatoms. The average molecular weight is 817 g/mol. The van der Waals surface area contributed by atoms with E-state index in [1.54, 1.807) is 0 Å². The minimum Gasteiger partial charge on any atom is -0.507 e. The van der Waals surface area contributed by atoms with Gasteiger partial charge in [-0.25, -0.2) is 4.98 Å². The maximum atomic E-state index is 12.3. The van der Waals surface area contributed by atoms with Gasteiger partial charge in [0.05, 0.1) is 28.0 Å². The molecule has 0 radical (unpaired) electrons. The molecular weight excluding hydrogens is 755 g/mol. The maximum Gasteiger partial charge on any atom is 0.149 e. The number of aromatic hydroxyl groups is 1. The molecule has 2 aromatic heterocycles. The SMILES string of the molecule is [2H]C(C)(C)c1ccc(-c2ccnc(-c3cc(-c4cccc5c4nc(-c4cc(C)cc(C(C)(C)C)c4O)n5-c4ccc(CC(C)C)cc4-c4ccccc4)cc(C(C)(C)C)c3)c2)cc1. The van der Waals surface area contributed by atoms with Crippen LogP contribution in [-0.2, 0) is 17.3 Å². The Hall–Kier alpha value is -6.26. The first-order valence-electron chi connectivity index (χ1n) is 22.5. The lowest BCUT2D eigenvalue weighted by Crippen LogP contribution is -2.12. The molecule has 0 aliphatic rings. The van der Waals surface area contributed by atoms with Crippen molar-refractivity contribution in [3.05, 3.63) is 167 Å². The molecule has 1 N–H and O–H groups in total. The molecule has 0 aliphatic heterocycles. The Morgan fingerprint density at radius 1 is 0.629 bits per heavy atom. The fraction of sp³-hybridized carbons (Fsp3) is 0.276. The van der Waals surface area contributed by atoms with Crippen molar-refractivity contribution in [1.82, 2.24) is 14.5 Å². The molecule has 0 bridgehead atoms. The Kier molecular flexibility index (Phi) is 11.0. The summed E-state index contributed by atoms with van der Waals surface area (Å²) in [6.07, 6.45) is 2.86. The van der Waals surface area contributed by atoms with Gasteiger partial charge in [-0.15, -0.1) is 0 Å². The van der Waals surface area contributed by atoms with Gasteiger partial charge in [0.25, 0.3) is 0 Å². The Bertz CT molecular complexity index is 2960. The molecule has 0 aliphatic carbocycles. The van der Waals surface area contributed by atoms with Gasteiger partial charge in [-0.05, 0) is 129 Å². The second-order valence-corrected chi connectivity index (χ2v) is 19.8. The van der Waals surface area contributed by atoms with E-state index in [1.807, 2.05) is 20.0 Å². The van der Waals surface area contributed by atoms with E-state index in [1.165, 1.54) is 11.1 Å². The Balaban J connectivity index is 1.39. The first kappa shape index (κ1) is 41.1. The van der Waals surface area contributed by atoms with Gasteiger partial charge in [0.2, 0.25) is 0 Å². The highest BCUT2D eigenvalue weighted by Crippen LogP contribution is 2.45. The molecule has 314 valence electrons. The number of phenols is 1. The molecule has 6 aromatic carbocycles. The largest absolute Gasteiger partial charge is 0.507 e. The van der Waals surface area contributed by atoms with Gasteiger partial charge in [0.1, 0.15) is 11.6 Å². The van der Waals surface area contributed by atoms with Crippen LogP contribution in [0, 0.1) is 12.8 Å². The summed E-state index contributed by atoms with van der Waals surface area (Å²) in [4.78, 5) is 10.6. The summed E-state index contributed by atoms with van der Waals surface area (Å²) in [6, 6.07) is 47.5. The smallest absolute Gasteiger partial charge is 0.149 e. The molecule has 0 saturated heterocycles. The third kappa shape index (κ3) is 8.48. The predicted octanol–water partition coefficient (Wildman–Crippen LogP) is 15.7. The zero-order valence-corrected chi connectivity index (χ0v) is 38.4. The normalized spacial score (nSPS) is 12.6. The fourth-order valence-electron chi connectivity index (χ4n) is 8.63. The van der Waals surface area contributed by atoms with Crippen molar-refractivity contribution in [2.24, 2.45) is 5.92 Å². The topological polar surface area (TPSA) is 50.9 Å². The number of fused-ring (bicyclic) bond motifs is 1. The van der Waals surface area contributed by atoms with E-state index in [4.69, 9.17) is 11.3 Å². The van der Waals surface area contributed by atoms with Crippen molar-refractivity contribution in [1.29, 1.82) is 0 Å². The first-order valence-corrected chi connectivity index (χ1v) is 22.0. The van der Waals surface area contributed by atoms with E-state index < -0.39 is 5.89 Å². The minimum absolute atomic E-state index is 0.154. The van der Waals surface area contributed by atoms with Crippen molar-refractivity contribution in [3.63, 3.8) is 0 Å². The summed E-state index contributed by atoms with van der Waals surface area (Å²) in [5.41, 5.74) is 16.8. The van der Waals surface area contributed by atoms with Gasteiger partial charge in [0.15, 0.2) is 0 Å². The van der Waals surface area contributed by atoms with E-state index in [9.17, 15) is 5.11 Å². The zero-order valence-electron chi connectivity index (χ0n) is 39.4. The number of para-hydroxylation sites is 1. The van der Waals surface area contributed by atoms with Gasteiger partial charge < -0.3 is 5.11 Å². The lowest BCUT2D eigenvalue weighted by molar-refractivity contribution is 0.448. The monoisotopic (exact) mass is 816 g/mol. The van der Waals surface area contributed by atoms with E-state index in [0.29, 0.717) is 17.3 Å². The highest BCUT2D eigenvalue weighted by atomic mass is 16.3. The number of pyridine rings is 1. The minimum atomic E-state index is -0.663. The van der Waals surface area contributed by atoms with Crippen molar-refractivity contribution in [2.75, 3.05) is 0 Å². The predicted molar refractivity (Wildman–Crippen MR) is 262 cm³/mol. The van der Waals surface area contributed by atoms with Gasteiger partial charge in [-0.2, -0.15) is 0 Å². The van der Waals surface area contributed by atoms with Gasteiger partial charge in [-0.3, -0.25) is 9.55 Å². The molecule has 0 saturated carbocycles. The van der Waals surface area contributed by atoms with Crippen LogP contribution in [0.2, 0.25) is 0 Å². The van der Waals surface area contributed by atoms with Crippen LogP contribution in [-0.4, -0.2) is 19.6 Å². The summed E-state index contributed by atoms with van der Waals surface area (Å²) in [6.45, 7) is 23.7. The van der Waals surface area contributed by atoms with Crippen LogP contribution in [0.15, 0.2) is 140 Å². The number of aryl methyl sites for hydroxylation is 1. The number of aromatic nitrogens is 3. The Morgan fingerprint density at radius 2 is 1.35 bits per heavy atom. The first-order chi connectivity index (χ1) is 29.8. The lowest BCUT2D eigenvalue weighted by atomic mass is 9.83. The molecule has 0 fully saturated rings. The summed E-state index contributed by atoms with van der Waals surface area (Å²) < 4.78 is 10.8. The summed E-state index contributed by atoms with van der Waals surface area (Å²) in [5.74, 6) is 0.791. The second-order valence-electron chi connectivity index (χ2n) is 19.8. The van der Waals surface area contributed by atoms with E-state index in [-0.39, 0.29) is 16.6 Å². The molecule has 0 unspecified atom stereocenters. The molecular formula is C58H61N3O. The molecule has 4 nitrogen and oxygen atoms in total. The van der Waals surface area contributed by atoms with Crippen LogP contribution in [0.4, 0.5) is 0 Å². The van der Waals surface area contributed by atoms with Crippen molar-refractivity contribution in [2.45, 2.75) is 99.3 Å². The van der Waals surface area contributed by atoms with Crippen LogP contribution in [0.3, 0.4) is 0 Å². The number of nitrogens with zero attached hydrogens (tertiary/aromatic N) is 3. The summed E-state index contributed by atoms with van der Waals surface area (Å²) in [5, 5.41) is 12.3. The number of rotatable bonds is 9. The van der Waals surface area contributed by atoms with Crippen LogP contribution in [0.5, 0.6) is 5.75 Å². The van der Waals surface area contributed by atoms with E-state index in [2.05, 4.69) is 200 Å². The van der Waals surface area contributed by atoms with E-state index in [0.717, 1.165) is 84.5 Å². The molecule has 0 spiro atoms. The van der Waals surface area contributed by atoms with Crippen LogP contribution in [0.25, 0.3) is 72.7 Å². The summed E-state index contributed by atoms with van der Waals surface area (Å²) >= 11 is 0. The number of benzene rings is 6. The standard InChI is InChI=1S/C58H61N3O/c1-36(2)28-39-20-25-52(48(31-39)42-16-13-12-14-17-42)61-53-19-15-18-47(54(53)60-56(61)49-29-38(5)30-50(55(49)62)58(9,10)11)44-32-45(34-46(33-44)57(6,7)8)51-35-43(26-27-59-51)41-23-21-40(22-24-41)37(3)4/h12-27,29-37,62H,28H2,1-11H3/i37D. The van der Waals surface area contributed by atoms with Gasteiger partial charge >= 0.3 is 0 Å². The Labute approximate surface area is 370 Å². The quantitative estimate of drug-likeness (QED) is 0.158. The van der Waals surface area contributed by atoms with Crippen LogP contribution >= 0.6 is 0 Å². The lowest BCUT2D eigenvalue weighted by Gasteiger charge is -2.23.